The first-order chi connectivity index (χ1) is 22.6. The predicted octanol–water partition coefficient (Wildman–Crippen LogP) is 7.07. The molecule has 8 nitrogen and oxygen atoms in total. The van der Waals surface area contributed by atoms with Gasteiger partial charge >= 0.3 is 11.9 Å². The molecule has 0 N–H and O–H groups in total. The molecule has 0 spiro atoms. The highest BCUT2D eigenvalue weighted by Gasteiger charge is 2.35. The van der Waals surface area contributed by atoms with E-state index >= 15 is 0 Å². The predicted molar refractivity (Wildman–Crippen MR) is 182 cm³/mol. The molecule has 0 aliphatic carbocycles. The zero-order valence-electron chi connectivity index (χ0n) is 25.5. The Labute approximate surface area is 283 Å². The monoisotopic (exact) mass is 686 g/mol. The number of rotatable bonds is 8. The number of esters is 2. The van der Waals surface area contributed by atoms with Gasteiger partial charge in [-0.15, -0.1) is 0 Å². The number of fused-ring (bicyclic) bond motifs is 1. The molecule has 11 heteroatoms. The summed E-state index contributed by atoms with van der Waals surface area (Å²) in [5.74, 6) is -0.346. The Morgan fingerprint density at radius 3 is 2.40 bits per heavy atom. The molecular weight excluding hydrogens is 659 g/mol. The summed E-state index contributed by atoms with van der Waals surface area (Å²) < 4.78 is 18.9. The van der Waals surface area contributed by atoms with Crippen LogP contribution in [0.2, 0.25) is 10.0 Å². The van der Waals surface area contributed by atoms with Crippen molar-refractivity contribution in [3.63, 3.8) is 0 Å². The van der Waals surface area contributed by atoms with Crippen molar-refractivity contribution in [1.82, 2.24) is 4.57 Å². The van der Waals surface area contributed by atoms with Crippen LogP contribution in [0.5, 0.6) is 0 Å². The molecule has 47 heavy (non-hydrogen) atoms. The van der Waals surface area contributed by atoms with Gasteiger partial charge < -0.3 is 13.9 Å². The molecule has 3 heterocycles. The van der Waals surface area contributed by atoms with Crippen LogP contribution < -0.4 is 14.9 Å². The lowest BCUT2D eigenvalue weighted by Crippen LogP contribution is -2.39. The summed E-state index contributed by atoms with van der Waals surface area (Å²) in [7, 11) is 0. The van der Waals surface area contributed by atoms with Crippen molar-refractivity contribution in [2.45, 2.75) is 32.9 Å². The molecule has 1 aliphatic rings. The highest BCUT2D eigenvalue weighted by molar-refractivity contribution is 7.07. The molecule has 1 aliphatic heterocycles. The lowest BCUT2D eigenvalue weighted by Gasteiger charge is -2.25. The van der Waals surface area contributed by atoms with Crippen molar-refractivity contribution in [1.29, 1.82) is 0 Å². The number of carbonyl (C=O) groups excluding carboxylic acids is 2. The number of carbonyl (C=O) groups is 2. The quantitative estimate of drug-likeness (QED) is 0.162. The number of aromatic nitrogens is 1. The Morgan fingerprint density at radius 2 is 1.70 bits per heavy atom. The van der Waals surface area contributed by atoms with Crippen molar-refractivity contribution in [2.24, 2.45) is 4.99 Å². The van der Waals surface area contributed by atoms with Crippen LogP contribution in [0.4, 0.5) is 0 Å². The summed E-state index contributed by atoms with van der Waals surface area (Å²) in [5.41, 5.74) is 2.40. The molecule has 238 valence electrons. The number of hydrogen-bond donors (Lipinski definition) is 0. The number of nitrogens with zero attached hydrogens (tertiary/aromatic N) is 2. The van der Waals surface area contributed by atoms with E-state index in [0.29, 0.717) is 58.9 Å². The van der Waals surface area contributed by atoms with Crippen LogP contribution in [0.3, 0.4) is 0 Å². The van der Waals surface area contributed by atoms with Crippen LogP contribution in [0, 0.1) is 0 Å². The van der Waals surface area contributed by atoms with E-state index in [9.17, 15) is 14.4 Å². The van der Waals surface area contributed by atoms with Crippen LogP contribution in [-0.4, -0.2) is 29.2 Å². The minimum absolute atomic E-state index is 0.145. The molecule has 0 radical (unpaired) electrons. The van der Waals surface area contributed by atoms with Gasteiger partial charge in [0.15, 0.2) is 4.80 Å². The molecular formula is C36H28Cl2N2O6S. The van der Waals surface area contributed by atoms with Gasteiger partial charge in [0.1, 0.15) is 11.5 Å². The summed E-state index contributed by atoms with van der Waals surface area (Å²) in [4.78, 5) is 45.8. The van der Waals surface area contributed by atoms with E-state index in [0.717, 1.165) is 0 Å². The highest BCUT2D eigenvalue weighted by atomic mass is 35.5. The van der Waals surface area contributed by atoms with Gasteiger partial charge in [-0.25, -0.2) is 14.6 Å². The van der Waals surface area contributed by atoms with Gasteiger partial charge in [-0.3, -0.25) is 9.36 Å². The average Bonchev–Trinajstić information content (AvgIpc) is 3.64. The van der Waals surface area contributed by atoms with Crippen molar-refractivity contribution in [3.05, 3.63) is 143 Å². The molecule has 3 aromatic carbocycles. The fourth-order valence-electron chi connectivity index (χ4n) is 5.28. The number of thiazole rings is 1. The smallest absolute Gasteiger partial charge is 0.339 e. The van der Waals surface area contributed by atoms with Gasteiger partial charge in [0.25, 0.3) is 5.56 Å². The van der Waals surface area contributed by atoms with Crippen LogP contribution in [0.15, 0.2) is 105 Å². The van der Waals surface area contributed by atoms with E-state index in [1.807, 2.05) is 30.3 Å². The van der Waals surface area contributed by atoms with Crippen LogP contribution in [0.25, 0.3) is 23.1 Å². The molecule has 1 atom stereocenters. The van der Waals surface area contributed by atoms with Crippen molar-refractivity contribution in [2.75, 3.05) is 6.61 Å². The zero-order valence-corrected chi connectivity index (χ0v) is 27.9. The maximum Gasteiger partial charge on any atom is 0.339 e. The Hall–Kier alpha value is -4.70. The van der Waals surface area contributed by atoms with E-state index < -0.39 is 18.0 Å². The third kappa shape index (κ3) is 6.60. The minimum atomic E-state index is -0.840. The molecule has 0 saturated carbocycles. The van der Waals surface area contributed by atoms with E-state index in [2.05, 4.69) is 0 Å². The highest BCUT2D eigenvalue weighted by Crippen LogP contribution is 2.36. The molecule has 6 rings (SSSR count). The number of furan rings is 1. The fourth-order valence-corrected chi connectivity index (χ4v) is 6.56. The minimum Gasteiger partial charge on any atom is -0.463 e. The molecule has 0 amide bonds. The van der Waals surface area contributed by atoms with Gasteiger partial charge in [0, 0.05) is 27.2 Å². The second-order valence-corrected chi connectivity index (χ2v) is 12.7. The first-order valence-electron chi connectivity index (χ1n) is 14.8. The Balaban J connectivity index is 1.51. The maximum atomic E-state index is 14.2. The van der Waals surface area contributed by atoms with Crippen molar-refractivity contribution in [3.8, 4) is 11.3 Å². The normalized spacial score (nSPS) is 14.6. The first-order valence-corrected chi connectivity index (χ1v) is 16.4. The molecule has 5 aromatic rings. The fraction of sp³-hybridized carbons (Fsp3) is 0.167. The molecule has 0 bridgehead atoms. The standard InChI is InChI=1S/C36H28Cl2N2O6S/c1-4-44-35(43)30-31(21-8-6-5-7-9-21)39-36-40(32(30)22-10-12-23(37)13-11-22)33(41)29(47-36)19-25-15-17-28(46-25)27-18-24(38)14-16-26(27)34(42)45-20(2)3/h5-20,32H,4H2,1-3H3/b29-19+/t32-/m1/s1. The Kier molecular flexibility index (Phi) is 9.31. The SMILES string of the molecule is CCOC(=O)C1=C(c2ccccc2)N=c2s/c(=C/c3ccc(-c4cc(Cl)ccc4C(=O)OC(C)C)o3)c(=O)n2[C@@H]1c1ccc(Cl)cc1. The third-order valence-corrected chi connectivity index (χ3v) is 8.74. The van der Waals surface area contributed by atoms with Crippen LogP contribution >= 0.6 is 34.5 Å². The third-order valence-electron chi connectivity index (χ3n) is 7.27. The summed E-state index contributed by atoms with van der Waals surface area (Å²) in [6, 6.07) is 23.7. The van der Waals surface area contributed by atoms with E-state index in [-0.39, 0.29) is 23.8 Å². The van der Waals surface area contributed by atoms with Gasteiger partial charge in [-0.05, 0) is 68.8 Å². The number of benzene rings is 3. The van der Waals surface area contributed by atoms with E-state index in [4.69, 9.17) is 42.1 Å². The molecule has 2 aromatic heterocycles. The van der Waals surface area contributed by atoms with Crippen LogP contribution in [0.1, 0.15) is 54.1 Å². The largest absolute Gasteiger partial charge is 0.463 e. The first kappa shape index (κ1) is 32.2. The van der Waals surface area contributed by atoms with E-state index in [1.54, 1.807) is 81.4 Å². The van der Waals surface area contributed by atoms with Crippen LogP contribution in [-0.2, 0) is 14.3 Å². The van der Waals surface area contributed by atoms with E-state index in [1.165, 1.54) is 15.9 Å². The Bertz CT molecular complexity index is 2200. The number of ether oxygens (including phenoxy) is 2. The lowest BCUT2D eigenvalue weighted by molar-refractivity contribution is -0.138. The molecule has 0 fully saturated rings. The second-order valence-electron chi connectivity index (χ2n) is 10.8. The Morgan fingerprint density at radius 1 is 0.979 bits per heavy atom. The van der Waals surface area contributed by atoms with Crippen molar-refractivity contribution >= 4 is 58.3 Å². The lowest BCUT2D eigenvalue weighted by atomic mass is 9.93. The summed E-state index contributed by atoms with van der Waals surface area (Å²) >= 11 is 13.7. The average molecular weight is 688 g/mol. The number of halogens is 2. The van der Waals surface area contributed by atoms with Gasteiger partial charge in [-0.2, -0.15) is 0 Å². The topological polar surface area (TPSA) is 100 Å². The summed E-state index contributed by atoms with van der Waals surface area (Å²) in [5, 5.41) is 0.932. The van der Waals surface area contributed by atoms with Gasteiger partial charge in [0.2, 0.25) is 0 Å². The van der Waals surface area contributed by atoms with Gasteiger partial charge in [0.05, 0.1) is 40.1 Å². The zero-order chi connectivity index (χ0) is 33.2. The molecule has 0 saturated heterocycles. The number of hydrogen-bond acceptors (Lipinski definition) is 8. The van der Waals surface area contributed by atoms with Gasteiger partial charge in [-0.1, -0.05) is 77.0 Å². The molecule has 0 unspecified atom stereocenters. The maximum absolute atomic E-state index is 14.2. The summed E-state index contributed by atoms with van der Waals surface area (Å²) in [6.07, 6.45) is 1.30. The summed E-state index contributed by atoms with van der Waals surface area (Å²) in [6.45, 7) is 5.41. The van der Waals surface area contributed by atoms with Crippen molar-refractivity contribution < 1.29 is 23.5 Å². The second kappa shape index (κ2) is 13.6.